The first-order valence-corrected chi connectivity index (χ1v) is 13.5. The van der Waals surface area contributed by atoms with Gasteiger partial charge in [-0.3, -0.25) is 4.99 Å². The highest BCUT2D eigenvalue weighted by molar-refractivity contribution is 8.00. The SMILES string of the molecule is O=c1oc2cc(N(n3nnc4ccccc43)n3nnc4ccccc43)ccc2cc1C1=Nc2ccccc2SC1. The second kappa shape index (κ2) is 8.89. The first kappa shape index (κ1) is 22.7. The van der Waals surface area contributed by atoms with E-state index in [0.29, 0.717) is 28.3 Å². The zero-order valence-electron chi connectivity index (χ0n) is 20.7. The average Bonchev–Trinajstić information content (AvgIpc) is 3.62. The van der Waals surface area contributed by atoms with Crippen molar-refractivity contribution in [3.8, 4) is 0 Å². The molecule has 0 radical (unpaired) electrons. The summed E-state index contributed by atoms with van der Waals surface area (Å²) in [5, 5.41) is 20.0. The van der Waals surface area contributed by atoms with Crippen molar-refractivity contribution in [2.24, 2.45) is 4.99 Å². The summed E-state index contributed by atoms with van der Waals surface area (Å²) in [6.07, 6.45) is 0. The van der Waals surface area contributed by atoms with E-state index in [9.17, 15) is 4.79 Å². The number of hydrogen-bond donors (Lipinski definition) is 0. The van der Waals surface area contributed by atoms with Gasteiger partial charge in [-0.1, -0.05) is 36.4 Å². The van der Waals surface area contributed by atoms with Gasteiger partial charge in [-0.25, -0.2) is 4.79 Å². The van der Waals surface area contributed by atoms with Crippen LogP contribution in [0.5, 0.6) is 0 Å². The van der Waals surface area contributed by atoms with E-state index in [2.05, 4.69) is 20.6 Å². The Morgan fingerprint density at radius 3 is 2.20 bits per heavy atom. The van der Waals surface area contributed by atoms with Crippen LogP contribution >= 0.6 is 11.8 Å². The summed E-state index contributed by atoms with van der Waals surface area (Å²) in [5.41, 5.74) is 5.65. The Morgan fingerprint density at radius 1 is 0.775 bits per heavy atom. The molecular formula is C29H18N8O2S. The van der Waals surface area contributed by atoms with Gasteiger partial charge in [-0.05, 0) is 65.0 Å². The van der Waals surface area contributed by atoms with Gasteiger partial charge in [0.2, 0.25) is 0 Å². The van der Waals surface area contributed by atoms with Crippen LogP contribution < -0.4 is 10.7 Å². The van der Waals surface area contributed by atoms with E-state index >= 15 is 0 Å². The monoisotopic (exact) mass is 542 g/mol. The highest BCUT2D eigenvalue weighted by Gasteiger charge is 2.22. The fourth-order valence-corrected chi connectivity index (χ4v) is 5.80. The number of aromatic nitrogens is 6. The normalized spacial score (nSPS) is 13.1. The lowest BCUT2D eigenvalue weighted by Crippen LogP contribution is -2.37. The zero-order valence-corrected chi connectivity index (χ0v) is 21.6. The van der Waals surface area contributed by atoms with Gasteiger partial charge in [-0.15, -0.1) is 36.7 Å². The van der Waals surface area contributed by atoms with E-state index in [-0.39, 0.29) is 0 Å². The van der Waals surface area contributed by atoms with Crippen LogP contribution in [0.4, 0.5) is 11.4 Å². The molecule has 0 atom stereocenters. The fourth-order valence-electron chi connectivity index (χ4n) is 4.85. The van der Waals surface area contributed by atoms with Gasteiger partial charge in [0.15, 0.2) is 0 Å². The third-order valence-electron chi connectivity index (χ3n) is 6.77. The predicted octanol–water partition coefficient (Wildman–Crippen LogP) is 5.24. The molecule has 0 saturated carbocycles. The smallest absolute Gasteiger partial charge is 0.345 e. The molecule has 0 spiro atoms. The van der Waals surface area contributed by atoms with Crippen molar-refractivity contribution in [2.75, 3.05) is 10.9 Å². The maximum absolute atomic E-state index is 13.2. The molecule has 10 nitrogen and oxygen atoms in total. The van der Waals surface area contributed by atoms with Crippen LogP contribution in [-0.2, 0) is 0 Å². The standard InChI is InChI=1S/C29H18N8O2S/c38-29-20(24-17-40-28-12-6-3-9-23(28)30-24)15-18-13-14-19(16-27(18)39-29)37(35-25-10-4-1-7-21(25)31-33-35)36-26-11-5-2-8-22(26)32-34-36/h1-16H,17H2. The minimum Gasteiger partial charge on any atom is -0.422 e. The number of para-hydroxylation sites is 3. The Balaban J connectivity index is 1.29. The number of benzene rings is 4. The summed E-state index contributed by atoms with van der Waals surface area (Å²) in [4.78, 5) is 22.3. The molecule has 0 unspecified atom stereocenters. The largest absolute Gasteiger partial charge is 0.422 e. The summed E-state index contributed by atoms with van der Waals surface area (Å²) in [6.45, 7) is 0. The van der Waals surface area contributed by atoms with E-state index < -0.39 is 5.63 Å². The van der Waals surface area contributed by atoms with Crippen LogP contribution in [0.25, 0.3) is 33.0 Å². The molecule has 192 valence electrons. The average molecular weight is 543 g/mol. The zero-order chi connectivity index (χ0) is 26.6. The maximum Gasteiger partial charge on any atom is 0.345 e. The van der Waals surface area contributed by atoms with Crippen molar-refractivity contribution in [3.63, 3.8) is 0 Å². The molecule has 1 aliphatic heterocycles. The Labute approximate surface area is 230 Å². The number of fused-ring (bicyclic) bond motifs is 4. The summed E-state index contributed by atoms with van der Waals surface area (Å²) in [6, 6.07) is 30.7. The lowest BCUT2D eigenvalue weighted by atomic mass is 10.1. The van der Waals surface area contributed by atoms with Crippen molar-refractivity contribution in [2.45, 2.75) is 4.90 Å². The molecule has 0 aliphatic carbocycles. The van der Waals surface area contributed by atoms with Gasteiger partial charge < -0.3 is 4.42 Å². The summed E-state index contributed by atoms with van der Waals surface area (Å²) < 4.78 is 5.87. The Hall–Kier alpha value is -5.29. The summed E-state index contributed by atoms with van der Waals surface area (Å²) >= 11 is 1.66. The summed E-state index contributed by atoms with van der Waals surface area (Å²) in [7, 11) is 0. The van der Waals surface area contributed by atoms with Crippen LogP contribution in [-0.4, -0.2) is 41.7 Å². The molecule has 0 N–H and O–H groups in total. The Morgan fingerprint density at radius 2 is 1.45 bits per heavy atom. The predicted molar refractivity (Wildman–Crippen MR) is 154 cm³/mol. The first-order chi connectivity index (χ1) is 19.7. The van der Waals surface area contributed by atoms with Crippen molar-refractivity contribution in [3.05, 3.63) is 113 Å². The van der Waals surface area contributed by atoms with Crippen molar-refractivity contribution >= 4 is 61.9 Å². The van der Waals surface area contributed by atoms with E-state index in [4.69, 9.17) is 9.41 Å². The van der Waals surface area contributed by atoms with Crippen molar-refractivity contribution in [1.29, 1.82) is 0 Å². The lowest BCUT2D eigenvalue weighted by molar-refractivity contribution is 0.501. The van der Waals surface area contributed by atoms with Crippen LogP contribution in [0, 0.1) is 0 Å². The summed E-state index contributed by atoms with van der Waals surface area (Å²) in [5.74, 6) is 0.595. The Kier molecular flexibility index (Phi) is 5.04. The molecule has 3 aromatic heterocycles. The van der Waals surface area contributed by atoms with Crippen LogP contribution in [0.15, 0.2) is 116 Å². The Bertz CT molecular complexity index is 2110. The second-order valence-corrected chi connectivity index (χ2v) is 10.2. The molecule has 0 fully saturated rings. The van der Waals surface area contributed by atoms with E-state index in [1.165, 1.54) is 0 Å². The van der Waals surface area contributed by atoms with Gasteiger partial charge in [0, 0.05) is 22.1 Å². The van der Waals surface area contributed by atoms with Crippen LogP contribution in [0.2, 0.25) is 0 Å². The van der Waals surface area contributed by atoms with Gasteiger partial charge in [-0.2, -0.15) is 0 Å². The van der Waals surface area contributed by atoms with Crippen molar-refractivity contribution in [1.82, 2.24) is 30.2 Å². The van der Waals surface area contributed by atoms with Gasteiger partial charge >= 0.3 is 5.63 Å². The minimum absolute atomic E-state index is 0.426. The quantitative estimate of drug-likeness (QED) is 0.278. The lowest BCUT2D eigenvalue weighted by Gasteiger charge is -2.24. The van der Waals surface area contributed by atoms with Gasteiger partial charge in [0.1, 0.15) is 27.6 Å². The number of anilines is 1. The molecule has 0 bridgehead atoms. The number of nitrogens with zero attached hydrogens (tertiary/aromatic N) is 8. The van der Waals surface area contributed by atoms with Gasteiger partial charge in [0.25, 0.3) is 0 Å². The molecular weight excluding hydrogens is 524 g/mol. The third kappa shape index (κ3) is 3.59. The maximum atomic E-state index is 13.2. The van der Waals surface area contributed by atoms with Gasteiger partial charge in [0.05, 0.1) is 22.6 Å². The number of rotatable bonds is 4. The number of hydrogen-bond acceptors (Lipinski definition) is 9. The molecule has 1 aliphatic rings. The topological polar surface area (TPSA) is 107 Å². The number of aliphatic imine (C=N–C) groups is 1. The highest BCUT2D eigenvalue weighted by atomic mass is 32.2. The van der Waals surface area contributed by atoms with E-state index in [1.54, 1.807) is 32.5 Å². The highest BCUT2D eigenvalue weighted by Crippen LogP contribution is 2.35. The molecule has 4 aromatic carbocycles. The van der Waals surface area contributed by atoms with E-state index in [0.717, 1.165) is 38.0 Å². The number of thioether (sulfide) groups is 1. The second-order valence-electron chi connectivity index (χ2n) is 9.21. The molecule has 7 aromatic rings. The molecule has 8 rings (SSSR count). The molecule has 4 heterocycles. The molecule has 40 heavy (non-hydrogen) atoms. The van der Waals surface area contributed by atoms with Crippen LogP contribution in [0.1, 0.15) is 5.56 Å². The van der Waals surface area contributed by atoms with Crippen molar-refractivity contribution < 1.29 is 4.42 Å². The molecule has 0 amide bonds. The minimum atomic E-state index is -0.438. The van der Waals surface area contributed by atoms with Crippen LogP contribution in [0.3, 0.4) is 0 Å². The van der Waals surface area contributed by atoms with E-state index in [1.807, 2.05) is 91.0 Å². The third-order valence-corrected chi connectivity index (χ3v) is 7.85. The molecule has 11 heteroatoms. The first-order valence-electron chi connectivity index (χ1n) is 12.5. The molecule has 0 saturated heterocycles. The fraction of sp³-hybridized carbons (Fsp3) is 0.0345.